The van der Waals surface area contributed by atoms with Gasteiger partial charge in [-0.3, -0.25) is 0 Å². The summed E-state index contributed by atoms with van der Waals surface area (Å²) in [7, 11) is 0. The van der Waals surface area contributed by atoms with E-state index in [0.717, 1.165) is 6.54 Å². The first kappa shape index (κ1) is 13.9. The van der Waals surface area contributed by atoms with Gasteiger partial charge < -0.3 is 10.1 Å². The van der Waals surface area contributed by atoms with Crippen LogP contribution in [0, 0.1) is 0 Å². The fourth-order valence-corrected chi connectivity index (χ4v) is 1.46. The van der Waals surface area contributed by atoms with Crippen LogP contribution in [0.15, 0.2) is 36.9 Å². The molecule has 17 heavy (non-hydrogen) atoms. The maximum Gasteiger partial charge on any atom is 0.0721 e. The van der Waals surface area contributed by atoms with Gasteiger partial charge in [-0.05, 0) is 31.9 Å². The number of hydrogen-bond acceptors (Lipinski definition) is 2. The fourth-order valence-electron chi connectivity index (χ4n) is 1.46. The molecular formula is C15H23NO. The van der Waals surface area contributed by atoms with Crippen LogP contribution in [-0.2, 0) is 17.9 Å². The van der Waals surface area contributed by atoms with Crippen molar-refractivity contribution in [1.82, 2.24) is 5.32 Å². The van der Waals surface area contributed by atoms with Gasteiger partial charge >= 0.3 is 0 Å². The lowest BCUT2D eigenvalue weighted by molar-refractivity contribution is 0.149. The Morgan fingerprint density at radius 3 is 2.65 bits per heavy atom. The van der Waals surface area contributed by atoms with E-state index in [-0.39, 0.29) is 5.54 Å². The van der Waals surface area contributed by atoms with Gasteiger partial charge in [-0.2, -0.15) is 0 Å². The zero-order valence-corrected chi connectivity index (χ0v) is 11.1. The standard InChI is InChI=1S/C15H23NO/c1-5-9-17-12-14-8-6-7-13(10-14)11-16-15(2,3)4/h5-8,10,16H,1,9,11-12H2,2-4H3. The van der Waals surface area contributed by atoms with Crippen LogP contribution in [0.5, 0.6) is 0 Å². The molecule has 0 saturated carbocycles. The molecule has 1 aromatic carbocycles. The van der Waals surface area contributed by atoms with E-state index in [4.69, 9.17) is 4.74 Å². The second kappa shape index (κ2) is 6.58. The molecule has 0 aliphatic carbocycles. The van der Waals surface area contributed by atoms with Gasteiger partial charge in [-0.15, -0.1) is 6.58 Å². The van der Waals surface area contributed by atoms with Crippen molar-refractivity contribution in [2.75, 3.05) is 6.61 Å². The van der Waals surface area contributed by atoms with E-state index in [1.807, 2.05) is 0 Å². The van der Waals surface area contributed by atoms with E-state index < -0.39 is 0 Å². The zero-order chi connectivity index (χ0) is 12.7. The van der Waals surface area contributed by atoms with Crippen LogP contribution in [0.3, 0.4) is 0 Å². The predicted octanol–water partition coefficient (Wildman–Crippen LogP) is 3.28. The largest absolute Gasteiger partial charge is 0.373 e. The second-order valence-corrected chi connectivity index (χ2v) is 5.23. The first-order valence-electron chi connectivity index (χ1n) is 6.03. The minimum Gasteiger partial charge on any atom is -0.373 e. The summed E-state index contributed by atoms with van der Waals surface area (Å²) in [5.41, 5.74) is 2.65. The molecule has 1 aromatic rings. The van der Waals surface area contributed by atoms with Gasteiger partial charge in [0, 0.05) is 12.1 Å². The molecule has 0 fully saturated rings. The van der Waals surface area contributed by atoms with Crippen molar-refractivity contribution in [2.45, 2.75) is 39.5 Å². The highest BCUT2D eigenvalue weighted by atomic mass is 16.5. The van der Waals surface area contributed by atoms with Gasteiger partial charge in [0.05, 0.1) is 13.2 Å². The van der Waals surface area contributed by atoms with Crippen LogP contribution >= 0.6 is 0 Å². The van der Waals surface area contributed by atoms with Crippen molar-refractivity contribution >= 4 is 0 Å². The Bertz CT molecular complexity index is 352. The number of rotatable bonds is 6. The topological polar surface area (TPSA) is 21.3 Å². The number of nitrogens with one attached hydrogen (secondary N) is 1. The van der Waals surface area contributed by atoms with E-state index in [9.17, 15) is 0 Å². The molecule has 0 aromatic heterocycles. The van der Waals surface area contributed by atoms with Crippen molar-refractivity contribution in [3.05, 3.63) is 48.0 Å². The van der Waals surface area contributed by atoms with Crippen molar-refractivity contribution < 1.29 is 4.74 Å². The van der Waals surface area contributed by atoms with Crippen LogP contribution in [0.4, 0.5) is 0 Å². The minimum absolute atomic E-state index is 0.148. The van der Waals surface area contributed by atoms with Crippen LogP contribution in [0.1, 0.15) is 31.9 Å². The lowest BCUT2D eigenvalue weighted by Gasteiger charge is -2.20. The summed E-state index contributed by atoms with van der Waals surface area (Å²) in [6.07, 6.45) is 1.77. The third kappa shape index (κ3) is 6.25. The van der Waals surface area contributed by atoms with E-state index in [2.05, 4.69) is 56.9 Å². The number of ether oxygens (including phenoxy) is 1. The smallest absolute Gasteiger partial charge is 0.0721 e. The molecule has 0 atom stereocenters. The highest BCUT2D eigenvalue weighted by Crippen LogP contribution is 2.08. The molecule has 0 aliphatic heterocycles. The molecule has 1 rings (SSSR count). The molecule has 94 valence electrons. The maximum atomic E-state index is 5.43. The monoisotopic (exact) mass is 233 g/mol. The molecule has 0 amide bonds. The van der Waals surface area contributed by atoms with Gasteiger partial charge in [0.2, 0.25) is 0 Å². The average Bonchev–Trinajstić information content (AvgIpc) is 2.27. The highest BCUT2D eigenvalue weighted by molar-refractivity contribution is 5.23. The Kier molecular flexibility index (Phi) is 5.39. The fraction of sp³-hybridized carbons (Fsp3) is 0.467. The molecule has 0 heterocycles. The van der Waals surface area contributed by atoms with Gasteiger partial charge in [0.1, 0.15) is 0 Å². The van der Waals surface area contributed by atoms with Gasteiger partial charge in [0.15, 0.2) is 0 Å². The van der Waals surface area contributed by atoms with E-state index in [1.54, 1.807) is 6.08 Å². The summed E-state index contributed by atoms with van der Waals surface area (Å²) in [6.45, 7) is 12.3. The van der Waals surface area contributed by atoms with Crippen LogP contribution in [0.2, 0.25) is 0 Å². The molecule has 0 unspecified atom stereocenters. The maximum absolute atomic E-state index is 5.43. The second-order valence-electron chi connectivity index (χ2n) is 5.23. The SMILES string of the molecule is C=CCOCc1cccc(CNC(C)(C)C)c1. The number of hydrogen-bond donors (Lipinski definition) is 1. The summed E-state index contributed by atoms with van der Waals surface area (Å²) in [5.74, 6) is 0. The molecule has 0 radical (unpaired) electrons. The lowest BCUT2D eigenvalue weighted by atomic mass is 10.1. The molecule has 0 bridgehead atoms. The van der Waals surface area contributed by atoms with Crippen LogP contribution in [0.25, 0.3) is 0 Å². The molecule has 0 aliphatic rings. The van der Waals surface area contributed by atoms with Gasteiger partial charge in [-0.1, -0.05) is 30.3 Å². The average molecular weight is 233 g/mol. The van der Waals surface area contributed by atoms with E-state index >= 15 is 0 Å². The van der Waals surface area contributed by atoms with E-state index in [0.29, 0.717) is 13.2 Å². The summed E-state index contributed by atoms with van der Waals surface area (Å²) in [6, 6.07) is 8.48. The van der Waals surface area contributed by atoms with E-state index in [1.165, 1.54) is 11.1 Å². The summed E-state index contributed by atoms with van der Waals surface area (Å²) < 4.78 is 5.43. The Morgan fingerprint density at radius 2 is 2.00 bits per heavy atom. The quantitative estimate of drug-likeness (QED) is 0.601. The highest BCUT2D eigenvalue weighted by Gasteiger charge is 2.08. The zero-order valence-electron chi connectivity index (χ0n) is 11.1. The Hall–Kier alpha value is -1.12. The first-order chi connectivity index (χ1) is 8.01. The summed E-state index contributed by atoms with van der Waals surface area (Å²) in [4.78, 5) is 0. The van der Waals surface area contributed by atoms with Gasteiger partial charge in [0.25, 0.3) is 0 Å². The third-order valence-corrected chi connectivity index (χ3v) is 2.32. The van der Waals surface area contributed by atoms with Crippen molar-refractivity contribution in [2.24, 2.45) is 0 Å². The number of benzene rings is 1. The minimum atomic E-state index is 0.148. The van der Waals surface area contributed by atoms with Crippen molar-refractivity contribution in [1.29, 1.82) is 0 Å². The molecular weight excluding hydrogens is 210 g/mol. The molecule has 2 nitrogen and oxygen atoms in total. The molecule has 1 N–H and O–H groups in total. The first-order valence-corrected chi connectivity index (χ1v) is 6.03. The molecule has 0 spiro atoms. The Balaban J connectivity index is 2.50. The molecule has 0 saturated heterocycles. The van der Waals surface area contributed by atoms with Crippen LogP contribution in [-0.4, -0.2) is 12.1 Å². The molecule has 2 heteroatoms. The normalized spacial score (nSPS) is 11.5. The summed E-state index contributed by atoms with van der Waals surface area (Å²) in [5, 5.41) is 3.48. The van der Waals surface area contributed by atoms with Crippen LogP contribution < -0.4 is 5.32 Å². The predicted molar refractivity (Wildman–Crippen MR) is 72.9 cm³/mol. The van der Waals surface area contributed by atoms with Crippen molar-refractivity contribution in [3.63, 3.8) is 0 Å². The Morgan fingerprint density at radius 1 is 1.29 bits per heavy atom. The Labute approximate surface area is 105 Å². The lowest BCUT2D eigenvalue weighted by Crippen LogP contribution is -2.35. The van der Waals surface area contributed by atoms with Gasteiger partial charge in [-0.25, -0.2) is 0 Å². The summed E-state index contributed by atoms with van der Waals surface area (Å²) >= 11 is 0. The van der Waals surface area contributed by atoms with Crippen molar-refractivity contribution in [3.8, 4) is 0 Å². The third-order valence-electron chi connectivity index (χ3n) is 2.32.